The van der Waals surface area contributed by atoms with Gasteiger partial charge >= 0.3 is 0 Å². The van der Waals surface area contributed by atoms with Crippen molar-refractivity contribution in [3.05, 3.63) is 17.5 Å². The minimum atomic E-state index is 0.650. The summed E-state index contributed by atoms with van der Waals surface area (Å²) in [6.07, 6.45) is 4.38. The lowest BCUT2D eigenvalue weighted by atomic mass is 10.2. The minimum Gasteiger partial charge on any atom is -0.313 e. The SMILES string of the molecule is Cc1[nH]ncc1CNCCCCN(C)C(C)C. The van der Waals surface area contributed by atoms with Crippen LogP contribution in [0, 0.1) is 6.92 Å². The van der Waals surface area contributed by atoms with Crippen LogP contribution in [0.15, 0.2) is 6.20 Å². The zero-order valence-electron chi connectivity index (χ0n) is 11.6. The molecule has 2 N–H and O–H groups in total. The molecule has 1 aromatic heterocycles. The molecule has 1 rings (SSSR count). The molecule has 98 valence electrons. The number of hydrogen-bond acceptors (Lipinski definition) is 3. The number of rotatable bonds is 8. The number of nitrogens with one attached hydrogen (secondary N) is 2. The third-order valence-electron chi connectivity index (χ3n) is 3.25. The van der Waals surface area contributed by atoms with Gasteiger partial charge in [0.2, 0.25) is 0 Å². The molecule has 0 bridgehead atoms. The Hall–Kier alpha value is -0.870. The van der Waals surface area contributed by atoms with Crippen LogP contribution >= 0.6 is 0 Å². The van der Waals surface area contributed by atoms with Gasteiger partial charge in [0.1, 0.15) is 0 Å². The van der Waals surface area contributed by atoms with E-state index in [0.29, 0.717) is 6.04 Å². The molecule has 0 amide bonds. The molecule has 0 unspecified atom stereocenters. The highest BCUT2D eigenvalue weighted by Crippen LogP contribution is 2.01. The molecular weight excluding hydrogens is 212 g/mol. The second-order valence-corrected chi connectivity index (χ2v) is 4.98. The molecule has 0 saturated heterocycles. The van der Waals surface area contributed by atoms with E-state index < -0.39 is 0 Å². The van der Waals surface area contributed by atoms with Crippen molar-refractivity contribution in [2.24, 2.45) is 0 Å². The third kappa shape index (κ3) is 5.33. The predicted octanol–water partition coefficient (Wildman–Crippen LogP) is 1.93. The molecule has 0 aliphatic heterocycles. The number of aromatic amines is 1. The number of aromatic nitrogens is 2. The van der Waals surface area contributed by atoms with Crippen molar-refractivity contribution < 1.29 is 0 Å². The maximum atomic E-state index is 4.01. The maximum Gasteiger partial charge on any atom is 0.0535 e. The quantitative estimate of drug-likeness (QED) is 0.680. The summed E-state index contributed by atoms with van der Waals surface area (Å²) in [5.74, 6) is 0. The predicted molar refractivity (Wildman–Crippen MR) is 72.0 cm³/mol. The first-order valence-electron chi connectivity index (χ1n) is 6.51. The molecular formula is C13H26N4. The van der Waals surface area contributed by atoms with Gasteiger partial charge in [-0.2, -0.15) is 5.10 Å². The molecule has 0 atom stereocenters. The van der Waals surface area contributed by atoms with Crippen LogP contribution in [0.5, 0.6) is 0 Å². The van der Waals surface area contributed by atoms with E-state index in [-0.39, 0.29) is 0 Å². The molecule has 0 aliphatic carbocycles. The van der Waals surface area contributed by atoms with E-state index in [1.807, 2.05) is 6.20 Å². The fourth-order valence-corrected chi connectivity index (χ4v) is 1.65. The molecule has 4 heteroatoms. The highest BCUT2D eigenvalue weighted by atomic mass is 15.1. The Balaban J connectivity index is 2.00. The average Bonchev–Trinajstić information content (AvgIpc) is 2.68. The van der Waals surface area contributed by atoms with Gasteiger partial charge < -0.3 is 10.2 Å². The van der Waals surface area contributed by atoms with Crippen LogP contribution in [-0.2, 0) is 6.54 Å². The molecule has 4 nitrogen and oxygen atoms in total. The summed E-state index contributed by atoms with van der Waals surface area (Å²) in [7, 11) is 2.19. The Kier molecular flexibility index (Phi) is 6.22. The molecule has 0 saturated carbocycles. The molecule has 0 aromatic carbocycles. The van der Waals surface area contributed by atoms with E-state index in [4.69, 9.17) is 0 Å². The fourth-order valence-electron chi connectivity index (χ4n) is 1.65. The van der Waals surface area contributed by atoms with Crippen LogP contribution in [0.1, 0.15) is 37.9 Å². The van der Waals surface area contributed by atoms with Crippen molar-refractivity contribution in [3.63, 3.8) is 0 Å². The number of hydrogen-bond donors (Lipinski definition) is 2. The lowest BCUT2D eigenvalue weighted by Crippen LogP contribution is -2.27. The van der Waals surface area contributed by atoms with Gasteiger partial charge in [-0.1, -0.05) is 0 Å². The van der Waals surface area contributed by atoms with Gasteiger partial charge in [-0.3, -0.25) is 5.10 Å². The Bertz CT molecular complexity index is 306. The number of H-pyrrole nitrogens is 1. The van der Waals surface area contributed by atoms with E-state index in [9.17, 15) is 0 Å². The van der Waals surface area contributed by atoms with Crippen molar-refractivity contribution in [2.75, 3.05) is 20.1 Å². The third-order valence-corrected chi connectivity index (χ3v) is 3.25. The van der Waals surface area contributed by atoms with Crippen molar-refractivity contribution in [2.45, 2.75) is 46.2 Å². The van der Waals surface area contributed by atoms with E-state index in [1.54, 1.807) is 0 Å². The van der Waals surface area contributed by atoms with Gasteiger partial charge in [0.25, 0.3) is 0 Å². The summed E-state index contributed by atoms with van der Waals surface area (Å²) in [6.45, 7) is 9.71. The largest absolute Gasteiger partial charge is 0.313 e. The van der Waals surface area contributed by atoms with Crippen LogP contribution in [-0.4, -0.2) is 41.3 Å². The second kappa shape index (κ2) is 7.45. The Morgan fingerprint density at radius 1 is 1.41 bits per heavy atom. The van der Waals surface area contributed by atoms with Gasteiger partial charge in [-0.05, 0) is 53.8 Å². The van der Waals surface area contributed by atoms with E-state index in [0.717, 1.165) is 18.8 Å². The van der Waals surface area contributed by atoms with Gasteiger partial charge in [-0.25, -0.2) is 0 Å². The molecule has 1 aromatic rings. The normalized spacial score (nSPS) is 11.6. The minimum absolute atomic E-state index is 0.650. The molecule has 0 spiro atoms. The summed E-state index contributed by atoms with van der Waals surface area (Å²) in [5, 5.41) is 10.4. The molecule has 0 radical (unpaired) electrons. The first kappa shape index (κ1) is 14.2. The first-order valence-corrected chi connectivity index (χ1v) is 6.51. The van der Waals surface area contributed by atoms with Crippen LogP contribution in [0.2, 0.25) is 0 Å². The average molecular weight is 238 g/mol. The maximum absolute atomic E-state index is 4.01. The highest BCUT2D eigenvalue weighted by molar-refractivity contribution is 5.13. The zero-order chi connectivity index (χ0) is 12.7. The lowest BCUT2D eigenvalue weighted by molar-refractivity contribution is 0.268. The summed E-state index contributed by atoms with van der Waals surface area (Å²) >= 11 is 0. The van der Waals surface area contributed by atoms with Gasteiger partial charge in [0.15, 0.2) is 0 Å². The van der Waals surface area contributed by atoms with E-state index in [2.05, 4.69) is 48.2 Å². The molecule has 0 fully saturated rings. The van der Waals surface area contributed by atoms with Crippen LogP contribution in [0.4, 0.5) is 0 Å². The second-order valence-electron chi connectivity index (χ2n) is 4.98. The number of aryl methyl sites for hydroxylation is 1. The van der Waals surface area contributed by atoms with Crippen molar-refractivity contribution in [1.82, 2.24) is 20.4 Å². The Morgan fingerprint density at radius 2 is 2.18 bits per heavy atom. The fraction of sp³-hybridized carbons (Fsp3) is 0.769. The number of unbranched alkanes of at least 4 members (excludes halogenated alkanes) is 1. The van der Waals surface area contributed by atoms with Gasteiger partial charge in [-0.15, -0.1) is 0 Å². The lowest BCUT2D eigenvalue weighted by Gasteiger charge is -2.20. The van der Waals surface area contributed by atoms with Crippen LogP contribution < -0.4 is 5.32 Å². The zero-order valence-corrected chi connectivity index (χ0v) is 11.6. The summed E-state index contributed by atoms with van der Waals surface area (Å²) in [4.78, 5) is 2.39. The van der Waals surface area contributed by atoms with Gasteiger partial charge in [0, 0.05) is 23.8 Å². The monoisotopic (exact) mass is 238 g/mol. The molecule has 0 aliphatic rings. The molecule has 17 heavy (non-hydrogen) atoms. The summed E-state index contributed by atoms with van der Waals surface area (Å²) in [6, 6.07) is 0.650. The van der Waals surface area contributed by atoms with Crippen LogP contribution in [0.25, 0.3) is 0 Å². The van der Waals surface area contributed by atoms with E-state index >= 15 is 0 Å². The number of nitrogens with zero attached hydrogens (tertiary/aromatic N) is 2. The van der Waals surface area contributed by atoms with Crippen molar-refractivity contribution in [3.8, 4) is 0 Å². The van der Waals surface area contributed by atoms with Crippen molar-refractivity contribution >= 4 is 0 Å². The smallest absolute Gasteiger partial charge is 0.0535 e. The summed E-state index contributed by atoms with van der Waals surface area (Å²) in [5.41, 5.74) is 2.43. The van der Waals surface area contributed by atoms with Gasteiger partial charge in [0.05, 0.1) is 6.20 Å². The topological polar surface area (TPSA) is 44.0 Å². The molecule has 1 heterocycles. The standard InChI is InChI=1S/C13H26N4/c1-11(2)17(4)8-6-5-7-14-9-13-10-15-16-12(13)3/h10-11,14H,5-9H2,1-4H3,(H,15,16). The van der Waals surface area contributed by atoms with E-state index in [1.165, 1.54) is 24.9 Å². The summed E-state index contributed by atoms with van der Waals surface area (Å²) < 4.78 is 0. The van der Waals surface area contributed by atoms with Crippen molar-refractivity contribution in [1.29, 1.82) is 0 Å². The Morgan fingerprint density at radius 3 is 2.76 bits per heavy atom. The van der Waals surface area contributed by atoms with Crippen LogP contribution in [0.3, 0.4) is 0 Å². The Labute approximate surface area is 105 Å². The first-order chi connectivity index (χ1) is 8.11. The highest BCUT2D eigenvalue weighted by Gasteiger charge is 2.02.